The minimum absolute atomic E-state index is 0.174. The van der Waals surface area contributed by atoms with Gasteiger partial charge >= 0.3 is 12.0 Å². The van der Waals surface area contributed by atoms with Crippen molar-refractivity contribution in [3.63, 3.8) is 0 Å². The molecule has 0 saturated heterocycles. The predicted molar refractivity (Wildman–Crippen MR) is 98.2 cm³/mol. The molecule has 0 aliphatic carbocycles. The Labute approximate surface area is 155 Å². The second-order valence-electron chi connectivity index (χ2n) is 6.37. The van der Waals surface area contributed by atoms with E-state index >= 15 is 0 Å². The average molecular weight is 374 g/mol. The third kappa shape index (κ3) is 4.30. The van der Waals surface area contributed by atoms with Crippen LogP contribution >= 0.6 is 0 Å². The smallest absolute Gasteiger partial charge is 0.339 e. The Morgan fingerprint density at radius 3 is 2.52 bits per heavy atom. The highest BCUT2D eigenvalue weighted by Crippen LogP contribution is 2.16. The van der Waals surface area contributed by atoms with Crippen molar-refractivity contribution in [3.05, 3.63) is 39.8 Å². The number of nitrogens with zero attached hydrogens (tertiary/aromatic N) is 2. The minimum atomic E-state index is -1.18. The number of carbonyl (C=O) groups excluding carboxylic acids is 3. The molecular weight excluding hydrogens is 352 g/mol. The maximum absolute atomic E-state index is 12.5. The number of urea groups is 1. The second-order valence-corrected chi connectivity index (χ2v) is 6.37. The van der Waals surface area contributed by atoms with Crippen molar-refractivity contribution >= 4 is 28.9 Å². The van der Waals surface area contributed by atoms with Crippen LogP contribution in [0.25, 0.3) is 11.0 Å². The Bertz CT molecular complexity index is 964. The first-order chi connectivity index (χ1) is 12.6. The van der Waals surface area contributed by atoms with Crippen molar-refractivity contribution in [2.75, 3.05) is 0 Å². The number of fused-ring (bicyclic) bond motifs is 1. The molecule has 9 nitrogen and oxygen atoms in total. The molecule has 0 aliphatic rings. The summed E-state index contributed by atoms with van der Waals surface area (Å²) in [7, 11) is 0. The zero-order chi connectivity index (χ0) is 20.3. The van der Waals surface area contributed by atoms with Crippen molar-refractivity contribution in [2.24, 2.45) is 11.7 Å². The lowest BCUT2D eigenvalue weighted by Crippen LogP contribution is -2.45. The van der Waals surface area contributed by atoms with Gasteiger partial charge in [0.25, 0.3) is 11.5 Å². The van der Waals surface area contributed by atoms with Gasteiger partial charge < -0.3 is 15.0 Å². The molecule has 0 aliphatic heterocycles. The van der Waals surface area contributed by atoms with E-state index in [0.717, 1.165) is 0 Å². The largest absolute Gasteiger partial charge is 0.448 e. The van der Waals surface area contributed by atoms with Gasteiger partial charge in [0.2, 0.25) is 0 Å². The minimum Gasteiger partial charge on any atom is -0.448 e. The van der Waals surface area contributed by atoms with Crippen LogP contribution in [0.15, 0.2) is 23.0 Å². The maximum atomic E-state index is 12.5. The molecule has 1 aromatic heterocycles. The van der Waals surface area contributed by atoms with Crippen LogP contribution in [-0.2, 0) is 16.1 Å². The van der Waals surface area contributed by atoms with Gasteiger partial charge in [0.1, 0.15) is 5.69 Å². The summed E-state index contributed by atoms with van der Waals surface area (Å²) in [5, 5.41) is 1.91. The Hall–Kier alpha value is -3.23. The summed E-state index contributed by atoms with van der Waals surface area (Å²) in [5.74, 6) is -1.91. The van der Waals surface area contributed by atoms with Crippen molar-refractivity contribution in [1.29, 1.82) is 0 Å². The van der Waals surface area contributed by atoms with Gasteiger partial charge in [-0.2, -0.15) is 0 Å². The number of ether oxygens (including phenoxy) is 1. The molecule has 0 unspecified atom stereocenters. The Kier molecular flexibility index (Phi) is 5.94. The highest BCUT2D eigenvalue weighted by molar-refractivity contribution is 5.99. The molecule has 0 radical (unpaired) electrons. The van der Waals surface area contributed by atoms with Gasteiger partial charge in [-0.1, -0.05) is 13.8 Å². The van der Waals surface area contributed by atoms with E-state index in [4.69, 9.17) is 10.5 Å². The Morgan fingerprint density at radius 1 is 1.30 bits per heavy atom. The van der Waals surface area contributed by atoms with Gasteiger partial charge in [0.05, 0.1) is 16.6 Å². The Balaban J connectivity index is 2.36. The first-order valence-corrected chi connectivity index (χ1v) is 8.48. The van der Waals surface area contributed by atoms with Crippen molar-refractivity contribution in [1.82, 2.24) is 14.9 Å². The molecule has 3 N–H and O–H groups in total. The molecule has 3 amide bonds. The van der Waals surface area contributed by atoms with E-state index < -0.39 is 24.0 Å². The van der Waals surface area contributed by atoms with E-state index in [0.29, 0.717) is 23.3 Å². The molecule has 144 valence electrons. The summed E-state index contributed by atoms with van der Waals surface area (Å²) in [6.45, 7) is 7.24. The zero-order valence-electron chi connectivity index (χ0n) is 15.6. The quantitative estimate of drug-likeness (QED) is 0.753. The number of hydrogen-bond donors (Lipinski definition) is 2. The van der Waals surface area contributed by atoms with E-state index in [2.05, 4.69) is 4.98 Å². The number of hydrogen-bond acceptors (Lipinski definition) is 6. The summed E-state index contributed by atoms with van der Waals surface area (Å²) < 4.78 is 6.82. The number of aryl methyl sites for hydroxylation is 2. The van der Waals surface area contributed by atoms with Crippen LogP contribution in [0.5, 0.6) is 0 Å². The molecule has 0 spiro atoms. The van der Waals surface area contributed by atoms with Gasteiger partial charge in [0.15, 0.2) is 6.10 Å². The maximum Gasteiger partial charge on any atom is 0.339 e. The van der Waals surface area contributed by atoms with E-state index in [1.54, 1.807) is 31.4 Å². The van der Waals surface area contributed by atoms with E-state index in [1.165, 1.54) is 12.1 Å². The first-order valence-electron chi connectivity index (χ1n) is 8.48. The fourth-order valence-corrected chi connectivity index (χ4v) is 2.68. The molecule has 1 heterocycles. The lowest BCUT2D eigenvalue weighted by Gasteiger charge is -2.20. The standard InChI is InChI=1S/C18H22N4O5/c1-5-22-13-7-6-11(8-12(13)20-10(4)16(22)24)17(25)27-14(9(2)3)15(23)21-18(19)26/h6-9,14H,5H2,1-4H3,(H3,19,21,23,26)/t14-/m1/s1. The summed E-state index contributed by atoms with van der Waals surface area (Å²) in [6, 6.07) is 3.58. The number of carbonyl (C=O) groups is 3. The third-order valence-electron chi connectivity index (χ3n) is 4.01. The van der Waals surface area contributed by atoms with Crippen molar-refractivity contribution in [3.8, 4) is 0 Å². The predicted octanol–water partition coefficient (Wildman–Crippen LogP) is 1.10. The first kappa shape index (κ1) is 20.1. The number of nitrogens with two attached hydrogens (primary N) is 1. The van der Waals surface area contributed by atoms with Crippen LogP contribution in [0.4, 0.5) is 4.79 Å². The summed E-state index contributed by atoms with van der Waals surface area (Å²) in [6.07, 6.45) is -1.18. The molecule has 0 bridgehead atoms. The van der Waals surface area contributed by atoms with Crippen LogP contribution in [-0.4, -0.2) is 33.6 Å². The molecule has 1 aromatic carbocycles. The fourth-order valence-electron chi connectivity index (χ4n) is 2.68. The number of primary amides is 1. The number of nitrogens with one attached hydrogen (secondary N) is 1. The molecule has 0 fully saturated rings. The number of benzene rings is 1. The molecule has 0 saturated carbocycles. The lowest BCUT2D eigenvalue weighted by molar-refractivity contribution is -0.130. The highest BCUT2D eigenvalue weighted by atomic mass is 16.5. The zero-order valence-corrected chi connectivity index (χ0v) is 15.6. The topological polar surface area (TPSA) is 133 Å². The summed E-state index contributed by atoms with van der Waals surface area (Å²) in [4.78, 5) is 51.7. The molecule has 2 aromatic rings. The second kappa shape index (κ2) is 7.98. The summed E-state index contributed by atoms with van der Waals surface area (Å²) in [5.41, 5.74) is 6.30. The van der Waals surface area contributed by atoms with Crippen LogP contribution in [0.3, 0.4) is 0 Å². The van der Waals surface area contributed by atoms with Crippen molar-refractivity contribution in [2.45, 2.75) is 40.3 Å². The number of rotatable bonds is 5. The van der Waals surface area contributed by atoms with Gasteiger partial charge in [-0.05, 0) is 38.0 Å². The molecular formula is C18H22N4O5. The highest BCUT2D eigenvalue weighted by Gasteiger charge is 2.28. The van der Waals surface area contributed by atoms with Crippen LogP contribution < -0.4 is 16.6 Å². The number of esters is 1. The lowest BCUT2D eigenvalue weighted by atomic mass is 10.1. The monoisotopic (exact) mass is 374 g/mol. The molecule has 27 heavy (non-hydrogen) atoms. The van der Waals surface area contributed by atoms with Crippen LogP contribution in [0, 0.1) is 12.8 Å². The Morgan fingerprint density at radius 2 is 1.96 bits per heavy atom. The number of imide groups is 1. The number of amides is 3. The molecule has 1 atom stereocenters. The average Bonchev–Trinajstić information content (AvgIpc) is 2.59. The fraction of sp³-hybridized carbons (Fsp3) is 0.389. The normalized spacial score (nSPS) is 12.0. The molecule has 2 rings (SSSR count). The van der Waals surface area contributed by atoms with Crippen molar-refractivity contribution < 1.29 is 19.1 Å². The van der Waals surface area contributed by atoms with Gasteiger partial charge in [-0.25, -0.2) is 14.6 Å². The van der Waals surface area contributed by atoms with Crippen LogP contribution in [0.1, 0.15) is 36.8 Å². The van der Waals surface area contributed by atoms with Gasteiger partial charge in [-0.3, -0.25) is 14.9 Å². The van der Waals surface area contributed by atoms with Gasteiger partial charge in [0, 0.05) is 6.54 Å². The molecule has 9 heteroatoms. The summed E-state index contributed by atoms with van der Waals surface area (Å²) >= 11 is 0. The third-order valence-corrected chi connectivity index (χ3v) is 4.01. The number of aromatic nitrogens is 2. The van der Waals surface area contributed by atoms with Crippen LogP contribution in [0.2, 0.25) is 0 Å². The van der Waals surface area contributed by atoms with E-state index in [1.807, 2.05) is 12.2 Å². The van der Waals surface area contributed by atoms with E-state index in [-0.39, 0.29) is 17.0 Å². The van der Waals surface area contributed by atoms with E-state index in [9.17, 15) is 19.2 Å². The SMILES string of the molecule is CCn1c(=O)c(C)nc2cc(C(=O)O[C@@H](C(=O)NC(N)=O)C(C)C)ccc21. The van der Waals surface area contributed by atoms with Gasteiger partial charge in [-0.15, -0.1) is 0 Å².